The van der Waals surface area contributed by atoms with Crippen molar-refractivity contribution in [2.75, 3.05) is 11.9 Å². The van der Waals surface area contributed by atoms with Crippen molar-refractivity contribution in [3.05, 3.63) is 40.3 Å². The molecule has 2 aromatic heterocycles. The minimum Gasteiger partial charge on any atom is -0.489 e. The van der Waals surface area contributed by atoms with Crippen molar-refractivity contribution >= 4 is 40.1 Å². The van der Waals surface area contributed by atoms with Gasteiger partial charge in [0.15, 0.2) is 5.65 Å². The molecule has 0 bridgehead atoms. The second-order valence-corrected chi connectivity index (χ2v) is 5.80. The molecule has 1 aliphatic rings. The highest BCUT2D eigenvalue weighted by atomic mass is 35.5. The Kier molecular flexibility index (Phi) is 3.09. The molecule has 1 atom stereocenters. The first kappa shape index (κ1) is 13.6. The summed E-state index contributed by atoms with van der Waals surface area (Å²) in [7, 11) is 1.84. The van der Waals surface area contributed by atoms with E-state index in [-0.39, 0.29) is 6.04 Å². The van der Waals surface area contributed by atoms with E-state index in [0.29, 0.717) is 28.2 Å². The lowest BCUT2D eigenvalue weighted by Gasteiger charge is -2.13. The van der Waals surface area contributed by atoms with Crippen LogP contribution in [0.5, 0.6) is 5.75 Å². The summed E-state index contributed by atoms with van der Waals surface area (Å²) in [5, 5.41) is 9.36. The van der Waals surface area contributed by atoms with Crippen LogP contribution in [0.25, 0.3) is 11.0 Å². The van der Waals surface area contributed by atoms with Gasteiger partial charge >= 0.3 is 0 Å². The number of aryl methyl sites for hydroxylation is 1. The lowest BCUT2D eigenvalue weighted by atomic mass is 10.1. The number of anilines is 1. The number of ether oxygens (including phenoxy) is 1. The number of rotatable bonds is 2. The molecule has 0 amide bonds. The van der Waals surface area contributed by atoms with Gasteiger partial charge in [-0.25, -0.2) is 9.97 Å². The Balaban J connectivity index is 1.73. The summed E-state index contributed by atoms with van der Waals surface area (Å²) < 4.78 is 7.38. The standard InChI is InChI=1S/C14H11Cl2N5O/c1-21-14-8(4-19-21)13(17-6-18-14)20-10-5-22-12-7(10)2-3-9(15)11(12)16/h2-4,6,10H,5H2,1H3,(H,17,18,20). The van der Waals surface area contributed by atoms with Gasteiger partial charge in [-0.15, -0.1) is 0 Å². The highest BCUT2D eigenvalue weighted by Crippen LogP contribution is 2.43. The highest BCUT2D eigenvalue weighted by molar-refractivity contribution is 6.43. The number of hydrogen-bond donors (Lipinski definition) is 1. The second kappa shape index (κ2) is 5.00. The highest BCUT2D eigenvalue weighted by Gasteiger charge is 2.28. The van der Waals surface area contributed by atoms with E-state index in [1.165, 1.54) is 6.33 Å². The van der Waals surface area contributed by atoms with Crippen LogP contribution < -0.4 is 10.1 Å². The van der Waals surface area contributed by atoms with Gasteiger partial charge in [-0.3, -0.25) is 4.68 Å². The molecule has 0 spiro atoms. The van der Waals surface area contributed by atoms with E-state index >= 15 is 0 Å². The number of halogens is 2. The third kappa shape index (κ3) is 1.99. The van der Waals surface area contributed by atoms with Crippen LogP contribution in [-0.2, 0) is 7.05 Å². The molecule has 0 saturated heterocycles. The van der Waals surface area contributed by atoms with Crippen LogP contribution >= 0.6 is 23.2 Å². The average Bonchev–Trinajstić information content (AvgIpc) is 3.09. The smallest absolute Gasteiger partial charge is 0.163 e. The largest absolute Gasteiger partial charge is 0.489 e. The van der Waals surface area contributed by atoms with Crippen molar-refractivity contribution < 1.29 is 4.74 Å². The van der Waals surface area contributed by atoms with Crippen molar-refractivity contribution in [3.8, 4) is 5.75 Å². The molecule has 1 N–H and O–H groups in total. The third-order valence-electron chi connectivity index (χ3n) is 3.69. The predicted molar refractivity (Wildman–Crippen MR) is 84.6 cm³/mol. The molecule has 8 heteroatoms. The maximum atomic E-state index is 6.18. The van der Waals surface area contributed by atoms with Crippen molar-refractivity contribution in [2.45, 2.75) is 6.04 Å². The molecule has 0 aliphatic carbocycles. The van der Waals surface area contributed by atoms with Crippen LogP contribution in [0.15, 0.2) is 24.7 Å². The summed E-state index contributed by atoms with van der Waals surface area (Å²) in [6.45, 7) is 0.459. The summed E-state index contributed by atoms with van der Waals surface area (Å²) in [6, 6.07) is 3.63. The summed E-state index contributed by atoms with van der Waals surface area (Å²) >= 11 is 12.2. The van der Waals surface area contributed by atoms with Gasteiger partial charge in [-0.05, 0) is 6.07 Å². The van der Waals surface area contributed by atoms with Gasteiger partial charge in [0, 0.05) is 12.6 Å². The fourth-order valence-electron chi connectivity index (χ4n) is 2.59. The Morgan fingerprint density at radius 3 is 3.05 bits per heavy atom. The van der Waals surface area contributed by atoms with E-state index in [4.69, 9.17) is 27.9 Å². The first-order valence-corrected chi connectivity index (χ1v) is 7.40. The van der Waals surface area contributed by atoms with Crippen LogP contribution in [0.3, 0.4) is 0 Å². The zero-order chi connectivity index (χ0) is 15.3. The van der Waals surface area contributed by atoms with Gasteiger partial charge in [0.1, 0.15) is 29.5 Å². The van der Waals surface area contributed by atoms with Gasteiger partial charge in [-0.2, -0.15) is 5.10 Å². The number of hydrogen-bond acceptors (Lipinski definition) is 5. The van der Waals surface area contributed by atoms with Crippen LogP contribution in [0.2, 0.25) is 10.0 Å². The van der Waals surface area contributed by atoms with E-state index in [0.717, 1.165) is 16.6 Å². The molecular formula is C14H11Cl2N5O. The minimum atomic E-state index is -0.0527. The Morgan fingerprint density at radius 2 is 2.18 bits per heavy atom. The molecule has 3 aromatic rings. The first-order chi connectivity index (χ1) is 10.6. The van der Waals surface area contributed by atoms with Crippen molar-refractivity contribution in [3.63, 3.8) is 0 Å². The summed E-state index contributed by atoms with van der Waals surface area (Å²) in [5.74, 6) is 1.34. The number of nitrogens with zero attached hydrogens (tertiary/aromatic N) is 4. The maximum Gasteiger partial charge on any atom is 0.163 e. The van der Waals surface area contributed by atoms with E-state index in [9.17, 15) is 0 Å². The number of benzene rings is 1. The quantitative estimate of drug-likeness (QED) is 0.778. The maximum absolute atomic E-state index is 6.18. The van der Waals surface area contributed by atoms with Crippen LogP contribution in [-0.4, -0.2) is 26.4 Å². The molecule has 0 saturated carbocycles. The van der Waals surface area contributed by atoms with Crippen LogP contribution in [0, 0.1) is 0 Å². The Labute approximate surface area is 136 Å². The fraction of sp³-hybridized carbons (Fsp3) is 0.214. The molecule has 22 heavy (non-hydrogen) atoms. The Morgan fingerprint density at radius 1 is 1.32 bits per heavy atom. The monoisotopic (exact) mass is 335 g/mol. The molecule has 3 heterocycles. The summed E-state index contributed by atoms with van der Waals surface area (Å²) in [4.78, 5) is 8.53. The zero-order valence-electron chi connectivity index (χ0n) is 11.5. The molecule has 1 unspecified atom stereocenters. The molecule has 0 fully saturated rings. The van der Waals surface area contributed by atoms with E-state index in [1.807, 2.05) is 13.1 Å². The van der Waals surface area contributed by atoms with E-state index < -0.39 is 0 Å². The van der Waals surface area contributed by atoms with Gasteiger partial charge in [-0.1, -0.05) is 29.3 Å². The second-order valence-electron chi connectivity index (χ2n) is 5.02. The van der Waals surface area contributed by atoms with E-state index in [1.54, 1.807) is 16.9 Å². The van der Waals surface area contributed by atoms with Gasteiger partial charge < -0.3 is 10.1 Å². The topological polar surface area (TPSA) is 64.9 Å². The average molecular weight is 336 g/mol. The predicted octanol–water partition coefficient (Wildman–Crippen LogP) is 3.22. The molecule has 4 rings (SSSR count). The van der Waals surface area contributed by atoms with Crippen molar-refractivity contribution in [2.24, 2.45) is 7.05 Å². The summed E-state index contributed by atoms with van der Waals surface area (Å²) in [5.41, 5.74) is 1.73. The normalized spacial score (nSPS) is 16.6. The first-order valence-electron chi connectivity index (χ1n) is 6.65. The summed E-state index contributed by atoms with van der Waals surface area (Å²) in [6.07, 6.45) is 3.25. The Bertz CT molecular complexity index is 879. The van der Waals surface area contributed by atoms with Crippen molar-refractivity contribution in [1.82, 2.24) is 19.7 Å². The number of aromatic nitrogens is 4. The SMILES string of the molecule is Cn1ncc2c(NC3COc4c3ccc(Cl)c4Cl)ncnc21. The van der Waals surface area contributed by atoms with Crippen LogP contribution in [0.1, 0.15) is 11.6 Å². The molecule has 6 nitrogen and oxygen atoms in total. The molecule has 112 valence electrons. The fourth-order valence-corrected chi connectivity index (χ4v) is 2.96. The lowest BCUT2D eigenvalue weighted by molar-refractivity contribution is 0.340. The Hall–Kier alpha value is -2.05. The minimum absolute atomic E-state index is 0.0527. The van der Waals surface area contributed by atoms with Crippen LogP contribution in [0.4, 0.5) is 5.82 Å². The number of nitrogens with one attached hydrogen (secondary N) is 1. The molecular weight excluding hydrogens is 325 g/mol. The number of fused-ring (bicyclic) bond motifs is 2. The molecule has 0 radical (unpaired) electrons. The third-order valence-corrected chi connectivity index (χ3v) is 4.48. The van der Waals surface area contributed by atoms with E-state index in [2.05, 4.69) is 20.4 Å². The van der Waals surface area contributed by atoms with Gasteiger partial charge in [0.25, 0.3) is 0 Å². The lowest BCUT2D eigenvalue weighted by Crippen LogP contribution is -2.13. The molecule has 1 aromatic carbocycles. The molecule has 1 aliphatic heterocycles. The van der Waals surface area contributed by atoms with Gasteiger partial charge in [0.05, 0.1) is 22.6 Å². The zero-order valence-corrected chi connectivity index (χ0v) is 13.1. The van der Waals surface area contributed by atoms with Gasteiger partial charge in [0.2, 0.25) is 0 Å². The van der Waals surface area contributed by atoms with Crippen molar-refractivity contribution in [1.29, 1.82) is 0 Å².